The van der Waals surface area contributed by atoms with Gasteiger partial charge in [-0.05, 0) is 61.2 Å². The predicted octanol–water partition coefficient (Wildman–Crippen LogP) is 4.56. The molecule has 0 radical (unpaired) electrons. The summed E-state index contributed by atoms with van der Waals surface area (Å²) in [7, 11) is -4.34. The van der Waals surface area contributed by atoms with Crippen molar-refractivity contribution in [3.63, 3.8) is 0 Å². The molecule has 3 aromatic carbocycles. The van der Waals surface area contributed by atoms with Crippen LogP contribution in [-0.2, 0) is 26.0 Å². The molecule has 9 nitrogen and oxygen atoms in total. The van der Waals surface area contributed by atoms with Gasteiger partial charge in [-0.2, -0.15) is 0 Å². The molecule has 230 valence electrons. The summed E-state index contributed by atoms with van der Waals surface area (Å²) in [5.74, 6) is -0.705. The van der Waals surface area contributed by atoms with Crippen molar-refractivity contribution >= 4 is 27.5 Å². The Morgan fingerprint density at radius 1 is 0.953 bits per heavy atom. The Labute approximate surface area is 252 Å². The first-order valence-electron chi connectivity index (χ1n) is 14.5. The number of rotatable bonds is 14. The smallest absolute Gasteiger partial charge is 0.264 e. The van der Waals surface area contributed by atoms with Crippen LogP contribution in [0.15, 0.2) is 77.7 Å². The lowest BCUT2D eigenvalue weighted by atomic mass is 10.1. The van der Waals surface area contributed by atoms with Crippen LogP contribution < -0.4 is 19.1 Å². The summed E-state index contributed by atoms with van der Waals surface area (Å²) in [4.78, 5) is 28.7. The quantitative estimate of drug-likeness (QED) is 0.268. The van der Waals surface area contributed by atoms with Gasteiger partial charge in [-0.3, -0.25) is 13.9 Å². The maximum absolute atomic E-state index is 14.1. The van der Waals surface area contributed by atoms with Crippen molar-refractivity contribution in [3.8, 4) is 11.5 Å². The normalized spacial score (nSPS) is 13.2. The Hall–Kier alpha value is -4.12. The first-order chi connectivity index (χ1) is 20.7. The van der Waals surface area contributed by atoms with Crippen LogP contribution in [0.2, 0.25) is 0 Å². The minimum absolute atomic E-state index is 0.105. The second-order valence-corrected chi connectivity index (χ2v) is 12.0. The van der Waals surface area contributed by atoms with Crippen LogP contribution in [0.5, 0.6) is 11.5 Å². The minimum Gasteiger partial charge on any atom is -0.486 e. The van der Waals surface area contributed by atoms with Crippen LogP contribution in [0.4, 0.5) is 10.1 Å². The lowest BCUT2D eigenvalue weighted by Gasteiger charge is -2.33. The van der Waals surface area contributed by atoms with E-state index in [-0.39, 0.29) is 35.4 Å². The Balaban J connectivity index is 1.68. The first kappa shape index (κ1) is 31.8. The van der Waals surface area contributed by atoms with Gasteiger partial charge < -0.3 is 19.7 Å². The second kappa shape index (κ2) is 14.9. The number of carbonyl (C=O) groups excluding carboxylic acids is 2. The molecule has 2 amide bonds. The Morgan fingerprint density at radius 3 is 2.33 bits per heavy atom. The summed E-state index contributed by atoms with van der Waals surface area (Å²) >= 11 is 0. The molecule has 1 unspecified atom stereocenters. The van der Waals surface area contributed by atoms with Gasteiger partial charge in [-0.15, -0.1) is 0 Å². The zero-order valence-electron chi connectivity index (χ0n) is 24.5. The highest BCUT2D eigenvalue weighted by Crippen LogP contribution is 2.34. The van der Waals surface area contributed by atoms with Crippen LogP contribution in [0.3, 0.4) is 0 Å². The third-order valence-corrected chi connectivity index (χ3v) is 8.96. The number of unbranched alkanes of at least 4 members (excludes halogenated alkanes) is 1. The molecule has 0 spiro atoms. The Bertz CT molecular complexity index is 1480. The molecule has 0 aliphatic carbocycles. The highest BCUT2D eigenvalue weighted by molar-refractivity contribution is 7.92. The largest absolute Gasteiger partial charge is 0.486 e. The lowest BCUT2D eigenvalue weighted by Crippen LogP contribution is -2.53. The topological polar surface area (TPSA) is 105 Å². The van der Waals surface area contributed by atoms with E-state index in [9.17, 15) is 22.4 Å². The molecule has 1 aliphatic rings. The molecule has 43 heavy (non-hydrogen) atoms. The maximum atomic E-state index is 14.1. The molecule has 1 N–H and O–H groups in total. The number of hydrogen-bond donors (Lipinski definition) is 1. The van der Waals surface area contributed by atoms with Crippen molar-refractivity contribution in [2.45, 2.75) is 50.5 Å². The van der Waals surface area contributed by atoms with Crippen LogP contribution in [-0.4, -0.2) is 64.0 Å². The summed E-state index contributed by atoms with van der Waals surface area (Å²) in [6.07, 6.45) is 2.51. The fourth-order valence-electron chi connectivity index (χ4n) is 4.85. The third-order valence-electron chi connectivity index (χ3n) is 7.19. The monoisotopic (exact) mass is 611 g/mol. The average Bonchev–Trinajstić information content (AvgIpc) is 3.02. The van der Waals surface area contributed by atoms with Crippen molar-refractivity contribution in [1.29, 1.82) is 0 Å². The van der Waals surface area contributed by atoms with Crippen molar-refractivity contribution in [1.82, 2.24) is 10.2 Å². The van der Waals surface area contributed by atoms with E-state index in [1.54, 1.807) is 0 Å². The van der Waals surface area contributed by atoms with Crippen molar-refractivity contribution < 1.29 is 31.9 Å². The van der Waals surface area contributed by atoms with E-state index >= 15 is 0 Å². The molecule has 0 saturated heterocycles. The summed E-state index contributed by atoms with van der Waals surface area (Å²) < 4.78 is 54.1. The maximum Gasteiger partial charge on any atom is 0.264 e. The molecule has 0 aromatic heterocycles. The first-order valence-corrected chi connectivity index (χ1v) is 16.0. The Kier molecular flexibility index (Phi) is 11.0. The minimum atomic E-state index is -4.34. The molecular formula is C32H38FN3O6S. The van der Waals surface area contributed by atoms with Crippen LogP contribution in [0.25, 0.3) is 0 Å². The van der Waals surface area contributed by atoms with Gasteiger partial charge in [-0.1, -0.05) is 50.6 Å². The molecule has 4 rings (SSSR count). The van der Waals surface area contributed by atoms with E-state index in [0.29, 0.717) is 31.7 Å². The van der Waals surface area contributed by atoms with Gasteiger partial charge >= 0.3 is 0 Å². The van der Waals surface area contributed by atoms with Crippen LogP contribution in [0.1, 0.15) is 38.7 Å². The molecule has 3 aromatic rings. The number of nitrogens with zero attached hydrogens (tertiary/aromatic N) is 2. The number of sulfonamides is 1. The van der Waals surface area contributed by atoms with E-state index in [0.717, 1.165) is 34.8 Å². The summed E-state index contributed by atoms with van der Waals surface area (Å²) in [5, 5.41) is 2.91. The molecule has 0 bridgehead atoms. The second-order valence-electron chi connectivity index (χ2n) is 10.2. The van der Waals surface area contributed by atoms with Gasteiger partial charge in [0.1, 0.15) is 31.6 Å². The molecular weight excluding hydrogens is 573 g/mol. The molecule has 11 heteroatoms. The molecule has 1 heterocycles. The van der Waals surface area contributed by atoms with Gasteiger partial charge in [0.25, 0.3) is 10.0 Å². The van der Waals surface area contributed by atoms with Crippen LogP contribution >= 0.6 is 0 Å². The molecule has 1 atom stereocenters. The number of hydrogen-bond acceptors (Lipinski definition) is 6. The van der Waals surface area contributed by atoms with Gasteiger partial charge in [0.2, 0.25) is 11.8 Å². The average molecular weight is 612 g/mol. The van der Waals surface area contributed by atoms with E-state index in [4.69, 9.17) is 9.47 Å². The summed E-state index contributed by atoms with van der Waals surface area (Å²) in [5.41, 5.74) is 1.08. The van der Waals surface area contributed by atoms with Gasteiger partial charge in [0.15, 0.2) is 11.5 Å². The number of fused-ring (bicyclic) bond motifs is 1. The van der Waals surface area contributed by atoms with Gasteiger partial charge in [0, 0.05) is 19.2 Å². The molecule has 0 saturated carbocycles. The zero-order valence-corrected chi connectivity index (χ0v) is 25.3. The van der Waals surface area contributed by atoms with Crippen LogP contribution in [0, 0.1) is 5.82 Å². The number of amides is 2. The number of benzene rings is 3. The SMILES string of the molecule is CCCCNC(=O)C(CC)N(CCc1ccccc1)C(=O)CN(c1ccc(F)cc1)S(=O)(=O)c1ccc2c(c1)OCCO2. The standard InChI is InChI=1S/C32H38FN3O6S/c1-3-5-18-34-32(38)28(4-2)35(19-17-24-9-7-6-8-10-24)31(37)23-36(26-13-11-25(33)12-14-26)43(39,40)27-15-16-29-30(22-27)42-21-20-41-29/h6-16,22,28H,3-5,17-21,23H2,1-2H3,(H,34,38). The van der Waals surface area contributed by atoms with Gasteiger partial charge in [-0.25, -0.2) is 12.8 Å². The number of anilines is 1. The number of halogens is 1. The predicted molar refractivity (Wildman–Crippen MR) is 162 cm³/mol. The lowest BCUT2D eigenvalue weighted by molar-refractivity contribution is -0.139. The fraction of sp³-hybridized carbons (Fsp3) is 0.375. The van der Waals surface area contributed by atoms with E-state index in [1.165, 1.54) is 35.2 Å². The fourth-order valence-corrected chi connectivity index (χ4v) is 6.28. The van der Waals surface area contributed by atoms with E-state index in [1.807, 2.05) is 44.2 Å². The van der Waals surface area contributed by atoms with Gasteiger partial charge in [0.05, 0.1) is 10.6 Å². The number of carbonyl (C=O) groups is 2. The Morgan fingerprint density at radius 2 is 1.65 bits per heavy atom. The molecule has 1 aliphatic heterocycles. The summed E-state index contributed by atoms with van der Waals surface area (Å²) in [6, 6.07) is 17.9. The third kappa shape index (κ3) is 8.04. The van der Waals surface area contributed by atoms with Crippen molar-refractivity contribution in [2.24, 2.45) is 0 Å². The van der Waals surface area contributed by atoms with Crippen molar-refractivity contribution in [2.75, 3.05) is 37.2 Å². The molecule has 0 fully saturated rings. The number of ether oxygens (including phenoxy) is 2. The van der Waals surface area contributed by atoms with Crippen molar-refractivity contribution in [3.05, 3.63) is 84.2 Å². The highest BCUT2D eigenvalue weighted by atomic mass is 32.2. The van der Waals surface area contributed by atoms with E-state index < -0.39 is 34.3 Å². The van der Waals surface area contributed by atoms with E-state index in [2.05, 4.69) is 5.32 Å². The highest BCUT2D eigenvalue weighted by Gasteiger charge is 2.34. The zero-order chi connectivity index (χ0) is 30.8. The number of nitrogens with one attached hydrogen (secondary N) is 1. The summed E-state index contributed by atoms with van der Waals surface area (Å²) in [6.45, 7) is 4.53.